The molecule has 1 aliphatic rings. The molecule has 30 heavy (non-hydrogen) atoms. The second-order valence-electron chi connectivity index (χ2n) is 7.65. The number of H-pyrrole nitrogens is 1. The van der Waals surface area contributed by atoms with Gasteiger partial charge in [0, 0.05) is 42.3 Å². The number of rotatable bonds is 7. The second kappa shape index (κ2) is 8.61. The highest BCUT2D eigenvalue weighted by atomic mass is 16.5. The number of methoxy groups -OCH3 is 1. The SMILES string of the molecule is CCc1ccccc1N1CC(C(=O)NCCc2c[nH]c3ccc(OC)cc23)CC1=O. The molecule has 0 bridgehead atoms. The Kier molecular flexibility index (Phi) is 5.74. The molecule has 0 spiro atoms. The van der Waals surface area contributed by atoms with E-state index in [-0.39, 0.29) is 24.2 Å². The van der Waals surface area contributed by atoms with Crippen LogP contribution >= 0.6 is 0 Å². The number of carbonyl (C=O) groups excluding carboxylic acids is 2. The molecule has 2 aromatic carbocycles. The van der Waals surface area contributed by atoms with Crippen LogP contribution in [-0.2, 0) is 22.4 Å². The van der Waals surface area contributed by atoms with Crippen molar-refractivity contribution >= 4 is 28.4 Å². The minimum Gasteiger partial charge on any atom is -0.497 e. The monoisotopic (exact) mass is 405 g/mol. The molecule has 2 heterocycles. The van der Waals surface area contributed by atoms with Gasteiger partial charge in [0.05, 0.1) is 13.0 Å². The number of nitrogens with zero attached hydrogens (tertiary/aromatic N) is 1. The average molecular weight is 405 g/mol. The fraction of sp³-hybridized carbons (Fsp3) is 0.333. The van der Waals surface area contributed by atoms with Crippen LogP contribution in [0.4, 0.5) is 5.69 Å². The van der Waals surface area contributed by atoms with Crippen LogP contribution in [0.2, 0.25) is 0 Å². The molecule has 3 aromatic rings. The molecule has 4 rings (SSSR count). The predicted molar refractivity (Wildman–Crippen MR) is 118 cm³/mol. The highest BCUT2D eigenvalue weighted by molar-refractivity contribution is 6.00. The summed E-state index contributed by atoms with van der Waals surface area (Å²) in [6.45, 7) is 3.04. The van der Waals surface area contributed by atoms with E-state index in [9.17, 15) is 9.59 Å². The van der Waals surface area contributed by atoms with Gasteiger partial charge in [0.15, 0.2) is 0 Å². The van der Waals surface area contributed by atoms with Gasteiger partial charge in [0.1, 0.15) is 5.75 Å². The second-order valence-corrected chi connectivity index (χ2v) is 7.65. The Morgan fingerprint density at radius 2 is 2.07 bits per heavy atom. The van der Waals surface area contributed by atoms with E-state index in [1.165, 1.54) is 0 Å². The zero-order chi connectivity index (χ0) is 21.1. The van der Waals surface area contributed by atoms with Gasteiger partial charge in [-0.25, -0.2) is 0 Å². The first kappa shape index (κ1) is 20.0. The Morgan fingerprint density at radius 1 is 1.23 bits per heavy atom. The predicted octanol–water partition coefficient (Wildman–Crippen LogP) is 3.45. The van der Waals surface area contributed by atoms with Gasteiger partial charge in [0.2, 0.25) is 11.8 Å². The van der Waals surface area contributed by atoms with Gasteiger partial charge >= 0.3 is 0 Å². The van der Waals surface area contributed by atoms with Crippen LogP contribution in [0.5, 0.6) is 5.75 Å². The van der Waals surface area contributed by atoms with Crippen LogP contribution in [0.25, 0.3) is 10.9 Å². The van der Waals surface area contributed by atoms with E-state index in [0.717, 1.165) is 39.9 Å². The lowest BCUT2D eigenvalue weighted by atomic mass is 10.1. The summed E-state index contributed by atoms with van der Waals surface area (Å²) in [5.41, 5.74) is 4.23. The molecule has 2 N–H and O–H groups in total. The van der Waals surface area contributed by atoms with E-state index >= 15 is 0 Å². The van der Waals surface area contributed by atoms with Gasteiger partial charge in [0.25, 0.3) is 0 Å². The van der Waals surface area contributed by atoms with Crippen LogP contribution in [0.3, 0.4) is 0 Å². The molecule has 6 heteroatoms. The normalized spacial score (nSPS) is 16.3. The Morgan fingerprint density at radius 3 is 2.87 bits per heavy atom. The van der Waals surface area contributed by atoms with Crippen molar-refractivity contribution in [3.63, 3.8) is 0 Å². The summed E-state index contributed by atoms with van der Waals surface area (Å²) in [5, 5.41) is 4.11. The number of aromatic amines is 1. The average Bonchev–Trinajstić information content (AvgIpc) is 3.36. The Bertz CT molecular complexity index is 1070. The summed E-state index contributed by atoms with van der Waals surface area (Å²) in [4.78, 5) is 30.3. The van der Waals surface area contributed by atoms with Crippen LogP contribution in [0.15, 0.2) is 48.7 Å². The van der Waals surface area contributed by atoms with Gasteiger partial charge in [-0.2, -0.15) is 0 Å². The highest BCUT2D eigenvalue weighted by Gasteiger charge is 2.35. The van der Waals surface area contributed by atoms with Crippen LogP contribution in [0.1, 0.15) is 24.5 Å². The van der Waals surface area contributed by atoms with Gasteiger partial charge < -0.3 is 19.9 Å². The zero-order valence-corrected chi connectivity index (χ0v) is 17.4. The number of anilines is 1. The molecule has 1 saturated heterocycles. The number of aryl methyl sites for hydroxylation is 1. The van der Waals surface area contributed by atoms with E-state index in [1.54, 1.807) is 12.0 Å². The van der Waals surface area contributed by atoms with Crippen molar-refractivity contribution in [1.29, 1.82) is 0 Å². The number of carbonyl (C=O) groups is 2. The number of ether oxygens (including phenoxy) is 1. The number of hydrogen-bond acceptors (Lipinski definition) is 3. The van der Waals surface area contributed by atoms with E-state index in [2.05, 4.69) is 17.2 Å². The molecule has 1 aliphatic heterocycles. The molecule has 1 atom stereocenters. The number of amides is 2. The van der Waals surface area contributed by atoms with Crippen molar-refractivity contribution in [2.24, 2.45) is 5.92 Å². The van der Waals surface area contributed by atoms with E-state index in [0.29, 0.717) is 19.5 Å². The summed E-state index contributed by atoms with van der Waals surface area (Å²) in [7, 11) is 1.65. The molecule has 1 fully saturated rings. The molecule has 0 radical (unpaired) electrons. The summed E-state index contributed by atoms with van der Waals surface area (Å²) in [5.74, 6) is 0.451. The van der Waals surface area contributed by atoms with Crippen molar-refractivity contribution in [1.82, 2.24) is 10.3 Å². The summed E-state index contributed by atoms with van der Waals surface area (Å²) in [6.07, 6.45) is 3.79. The Labute approximate surface area is 176 Å². The highest BCUT2D eigenvalue weighted by Crippen LogP contribution is 2.29. The maximum absolute atomic E-state index is 12.7. The fourth-order valence-corrected chi connectivity index (χ4v) is 4.15. The molecule has 156 valence electrons. The summed E-state index contributed by atoms with van der Waals surface area (Å²) in [6, 6.07) is 13.8. The first-order valence-electron chi connectivity index (χ1n) is 10.4. The van der Waals surface area contributed by atoms with Crippen LogP contribution < -0.4 is 15.0 Å². The lowest BCUT2D eigenvalue weighted by Gasteiger charge is -2.20. The largest absolute Gasteiger partial charge is 0.497 e. The van der Waals surface area contributed by atoms with E-state index in [4.69, 9.17) is 4.74 Å². The van der Waals surface area contributed by atoms with Crippen molar-refractivity contribution in [2.75, 3.05) is 25.1 Å². The van der Waals surface area contributed by atoms with Gasteiger partial charge in [-0.05, 0) is 48.2 Å². The fourth-order valence-electron chi connectivity index (χ4n) is 4.15. The van der Waals surface area contributed by atoms with Crippen LogP contribution in [0, 0.1) is 5.92 Å². The Balaban J connectivity index is 1.36. The molecular formula is C24H27N3O3. The van der Waals surface area contributed by atoms with E-state index < -0.39 is 0 Å². The topological polar surface area (TPSA) is 74.4 Å². The molecule has 1 aromatic heterocycles. The number of fused-ring (bicyclic) bond motifs is 1. The van der Waals surface area contributed by atoms with Gasteiger partial charge in [-0.1, -0.05) is 25.1 Å². The lowest BCUT2D eigenvalue weighted by molar-refractivity contribution is -0.126. The van der Waals surface area contributed by atoms with Crippen molar-refractivity contribution in [3.05, 3.63) is 59.8 Å². The first-order chi connectivity index (χ1) is 14.6. The molecule has 0 saturated carbocycles. The maximum Gasteiger partial charge on any atom is 0.227 e. The third kappa shape index (κ3) is 3.90. The quantitative estimate of drug-likeness (QED) is 0.632. The third-order valence-electron chi connectivity index (χ3n) is 5.83. The summed E-state index contributed by atoms with van der Waals surface area (Å²) < 4.78 is 5.31. The molecule has 0 aliphatic carbocycles. The van der Waals surface area contributed by atoms with Gasteiger partial charge in [-0.3, -0.25) is 9.59 Å². The smallest absolute Gasteiger partial charge is 0.227 e. The number of para-hydroxylation sites is 1. The lowest BCUT2D eigenvalue weighted by Crippen LogP contribution is -2.34. The van der Waals surface area contributed by atoms with Crippen molar-refractivity contribution in [3.8, 4) is 5.75 Å². The molecular weight excluding hydrogens is 378 g/mol. The van der Waals surface area contributed by atoms with Crippen molar-refractivity contribution < 1.29 is 14.3 Å². The molecule has 6 nitrogen and oxygen atoms in total. The van der Waals surface area contributed by atoms with Crippen LogP contribution in [-0.4, -0.2) is 37.0 Å². The van der Waals surface area contributed by atoms with Crippen molar-refractivity contribution in [2.45, 2.75) is 26.2 Å². The number of hydrogen-bond donors (Lipinski definition) is 2. The summed E-state index contributed by atoms with van der Waals surface area (Å²) >= 11 is 0. The molecule has 1 unspecified atom stereocenters. The molecule has 2 amide bonds. The minimum absolute atomic E-state index is 0.0137. The number of aromatic nitrogens is 1. The van der Waals surface area contributed by atoms with Gasteiger partial charge in [-0.15, -0.1) is 0 Å². The standard InChI is InChI=1S/C24H27N3O3/c1-3-16-6-4-5-7-22(16)27-15-18(12-23(27)28)24(29)25-11-10-17-14-26-21-9-8-19(30-2)13-20(17)21/h4-9,13-14,18,26H,3,10-12,15H2,1-2H3,(H,25,29). The zero-order valence-electron chi connectivity index (χ0n) is 17.4. The Hall–Kier alpha value is -3.28. The third-order valence-corrected chi connectivity index (χ3v) is 5.83. The minimum atomic E-state index is -0.314. The maximum atomic E-state index is 12.7. The number of benzene rings is 2. The first-order valence-corrected chi connectivity index (χ1v) is 10.4. The number of nitrogens with one attached hydrogen (secondary N) is 2. The van der Waals surface area contributed by atoms with E-state index in [1.807, 2.05) is 48.7 Å².